The standard InChI is InChI=1S/C32H50FN3O9/c1-20(2)45-31(43)35-10-8-32(9-11-35)7-5-23(32)6-12-44-24-4-3-22(25(33)14-24)13-28(40)36-17-21(18-36)15-34-16-26(38)29(41)30(42)27(39)19-37/h3-4,14,20-21,23,26-27,29-30,34,37-39,41-42H,5-13,15-19H2,1-2H3/t23?,26-,27?,29+,30+/m0/s1. The van der Waals surface area contributed by atoms with Gasteiger partial charge in [0.05, 0.1) is 31.8 Å². The van der Waals surface area contributed by atoms with E-state index in [2.05, 4.69) is 5.32 Å². The number of benzene rings is 1. The summed E-state index contributed by atoms with van der Waals surface area (Å²) in [5.74, 6) is 0.406. The Bertz CT molecular complexity index is 1130. The molecule has 6 N–H and O–H groups in total. The molecule has 1 aromatic rings. The minimum atomic E-state index is -1.68. The molecule has 2 saturated heterocycles. The summed E-state index contributed by atoms with van der Waals surface area (Å²) in [6, 6.07) is 4.62. The summed E-state index contributed by atoms with van der Waals surface area (Å²) in [4.78, 5) is 28.3. The van der Waals surface area contributed by atoms with Crippen LogP contribution in [0, 0.1) is 23.1 Å². The summed E-state index contributed by atoms with van der Waals surface area (Å²) in [5.41, 5.74) is 0.549. The van der Waals surface area contributed by atoms with Gasteiger partial charge < -0.3 is 50.1 Å². The summed E-state index contributed by atoms with van der Waals surface area (Å²) in [6.45, 7) is 6.23. The molecule has 12 nitrogen and oxygen atoms in total. The van der Waals surface area contributed by atoms with Crippen LogP contribution in [0.1, 0.15) is 51.5 Å². The zero-order chi connectivity index (χ0) is 32.7. The van der Waals surface area contributed by atoms with Crippen LogP contribution in [-0.2, 0) is 16.0 Å². The number of hydrogen-bond donors (Lipinski definition) is 6. The third-order valence-electron chi connectivity index (χ3n) is 9.73. The molecule has 2 heterocycles. The minimum Gasteiger partial charge on any atom is -0.493 e. The smallest absolute Gasteiger partial charge is 0.410 e. The number of hydrogen-bond acceptors (Lipinski definition) is 10. The lowest BCUT2D eigenvalue weighted by Gasteiger charge is -2.54. The van der Waals surface area contributed by atoms with Crippen molar-refractivity contribution in [3.05, 3.63) is 29.6 Å². The van der Waals surface area contributed by atoms with Crippen molar-refractivity contribution in [3.63, 3.8) is 0 Å². The predicted octanol–water partition coefficient (Wildman–Crippen LogP) is 0.658. The van der Waals surface area contributed by atoms with Gasteiger partial charge in [-0.05, 0) is 68.9 Å². The Balaban J connectivity index is 1.12. The average Bonchev–Trinajstić information content (AvgIpc) is 2.99. The molecule has 2 unspecified atom stereocenters. The fourth-order valence-electron chi connectivity index (χ4n) is 6.65. The van der Waals surface area contributed by atoms with Crippen LogP contribution in [0.5, 0.6) is 5.75 Å². The van der Waals surface area contributed by atoms with E-state index >= 15 is 0 Å². The van der Waals surface area contributed by atoms with Crippen LogP contribution in [0.2, 0.25) is 0 Å². The molecule has 1 aliphatic carbocycles. The Morgan fingerprint density at radius 1 is 1.04 bits per heavy atom. The first-order valence-corrected chi connectivity index (χ1v) is 16.1. The van der Waals surface area contributed by atoms with Gasteiger partial charge in [-0.2, -0.15) is 0 Å². The maximum Gasteiger partial charge on any atom is 0.410 e. The molecule has 2 aliphatic heterocycles. The van der Waals surface area contributed by atoms with Crippen molar-refractivity contribution < 1.29 is 49.0 Å². The molecule has 45 heavy (non-hydrogen) atoms. The van der Waals surface area contributed by atoms with Crippen LogP contribution >= 0.6 is 0 Å². The molecule has 254 valence electrons. The number of rotatable bonds is 15. The first kappa shape index (κ1) is 35.3. The Morgan fingerprint density at radius 2 is 1.73 bits per heavy atom. The van der Waals surface area contributed by atoms with E-state index in [0.29, 0.717) is 56.6 Å². The van der Waals surface area contributed by atoms with E-state index in [1.54, 1.807) is 21.9 Å². The number of likely N-dealkylation sites (tertiary alicyclic amines) is 2. The third-order valence-corrected chi connectivity index (χ3v) is 9.73. The largest absolute Gasteiger partial charge is 0.493 e. The van der Waals surface area contributed by atoms with Crippen LogP contribution in [0.25, 0.3) is 0 Å². The Labute approximate surface area is 264 Å². The molecule has 1 aromatic carbocycles. The first-order valence-electron chi connectivity index (χ1n) is 16.1. The van der Waals surface area contributed by atoms with Crippen molar-refractivity contribution in [1.82, 2.24) is 15.1 Å². The van der Waals surface area contributed by atoms with Gasteiger partial charge >= 0.3 is 6.09 Å². The predicted molar refractivity (Wildman–Crippen MR) is 162 cm³/mol. The number of aliphatic hydroxyl groups excluding tert-OH is 5. The Hall–Kier alpha value is -2.55. The second kappa shape index (κ2) is 15.8. The highest BCUT2D eigenvalue weighted by molar-refractivity contribution is 5.79. The van der Waals surface area contributed by atoms with E-state index in [9.17, 15) is 34.4 Å². The van der Waals surface area contributed by atoms with E-state index in [0.717, 1.165) is 32.1 Å². The highest BCUT2D eigenvalue weighted by Gasteiger charge is 2.48. The number of amides is 2. The summed E-state index contributed by atoms with van der Waals surface area (Å²) >= 11 is 0. The number of carbonyl (C=O) groups is 2. The molecule has 2 amide bonds. The maximum atomic E-state index is 14.8. The van der Waals surface area contributed by atoms with Gasteiger partial charge in [0.15, 0.2) is 0 Å². The lowest BCUT2D eigenvalue weighted by molar-refractivity contribution is -0.136. The molecule has 5 atom stereocenters. The van der Waals surface area contributed by atoms with Gasteiger partial charge in [0, 0.05) is 51.3 Å². The van der Waals surface area contributed by atoms with Crippen molar-refractivity contribution in [2.75, 3.05) is 52.5 Å². The first-order chi connectivity index (χ1) is 21.4. The maximum absolute atomic E-state index is 14.8. The summed E-state index contributed by atoms with van der Waals surface area (Å²) in [5, 5.41) is 50.7. The lowest BCUT2D eigenvalue weighted by atomic mass is 9.55. The topological polar surface area (TPSA) is 172 Å². The van der Waals surface area contributed by atoms with Crippen molar-refractivity contribution in [1.29, 1.82) is 0 Å². The molecular formula is C32H50FN3O9. The molecule has 3 fully saturated rings. The van der Waals surface area contributed by atoms with E-state index in [4.69, 9.17) is 14.6 Å². The van der Waals surface area contributed by atoms with Crippen LogP contribution in [0.15, 0.2) is 18.2 Å². The molecule has 1 saturated carbocycles. The normalized spacial score (nSPS) is 22.4. The van der Waals surface area contributed by atoms with Crippen LogP contribution in [0.4, 0.5) is 9.18 Å². The van der Waals surface area contributed by atoms with Crippen LogP contribution in [-0.4, -0.2) is 130 Å². The lowest BCUT2D eigenvalue weighted by Crippen LogP contribution is -2.55. The van der Waals surface area contributed by atoms with Gasteiger partial charge in [-0.25, -0.2) is 9.18 Å². The van der Waals surface area contributed by atoms with Gasteiger partial charge in [-0.3, -0.25) is 4.79 Å². The van der Waals surface area contributed by atoms with Gasteiger partial charge in [-0.1, -0.05) is 6.07 Å². The molecule has 4 rings (SSSR count). The zero-order valence-corrected chi connectivity index (χ0v) is 26.3. The van der Waals surface area contributed by atoms with Crippen molar-refractivity contribution in [2.45, 2.75) is 82.9 Å². The quantitative estimate of drug-likeness (QED) is 0.160. The SMILES string of the molecule is CC(C)OC(=O)N1CCC2(CCC2CCOc2ccc(CC(=O)N3CC(CNC[C@H](O)[C@@H](O)[C@H](O)C(O)CO)C3)c(F)c2)CC1. The number of carbonyl (C=O) groups excluding carboxylic acids is 2. The number of nitrogens with zero attached hydrogens (tertiary/aromatic N) is 2. The summed E-state index contributed by atoms with van der Waals surface area (Å²) in [7, 11) is 0. The van der Waals surface area contributed by atoms with Gasteiger partial charge in [0.2, 0.25) is 5.91 Å². The molecule has 0 radical (unpaired) electrons. The minimum absolute atomic E-state index is 0.0444. The molecule has 0 aromatic heterocycles. The van der Waals surface area contributed by atoms with Crippen LogP contribution in [0.3, 0.4) is 0 Å². The molecule has 0 bridgehead atoms. The van der Waals surface area contributed by atoms with Crippen molar-refractivity contribution >= 4 is 12.0 Å². The summed E-state index contributed by atoms with van der Waals surface area (Å²) in [6.07, 6.45) is -1.54. The number of nitrogens with one attached hydrogen (secondary N) is 1. The highest BCUT2D eigenvalue weighted by Crippen LogP contribution is 2.55. The zero-order valence-electron chi connectivity index (χ0n) is 26.3. The number of ether oxygens (including phenoxy) is 2. The molecular weight excluding hydrogens is 589 g/mol. The van der Waals surface area contributed by atoms with E-state index in [1.165, 1.54) is 6.07 Å². The van der Waals surface area contributed by atoms with Gasteiger partial charge in [0.25, 0.3) is 0 Å². The third kappa shape index (κ3) is 9.05. The second-order valence-corrected chi connectivity index (χ2v) is 13.2. The number of halogens is 1. The fourth-order valence-corrected chi connectivity index (χ4v) is 6.65. The van der Waals surface area contributed by atoms with Crippen molar-refractivity contribution in [3.8, 4) is 5.75 Å². The fraction of sp³-hybridized carbons (Fsp3) is 0.750. The van der Waals surface area contributed by atoms with E-state index < -0.39 is 36.8 Å². The Morgan fingerprint density at radius 3 is 2.33 bits per heavy atom. The second-order valence-electron chi connectivity index (χ2n) is 13.2. The van der Waals surface area contributed by atoms with E-state index in [-0.39, 0.29) is 42.4 Å². The monoisotopic (exact) mass is 639 g/mol. The molecule has 3 aliphatic rings. The van der Waals surface area contributed by atoms with Crippen LogP contribution < -0.4 is 10.1 Å². The van der Waals surface area contributed by atoms with E-state index in [1.807, 2.05) is 13.8 Å². The number of piperidine rings is 1. The average molecular weight is 640 g/mol. The highest BCUT2D eigenvalue weighted by atomic mass is 19.1. The van der Waals surface area contributed by atoms with Crippen molar-refractivity contribution in [2.24, 2.45) is 17.3 Å². The molecule has 13 heteroatoms. The Kier molecular flexibility index (Phi) is 12.4. The number of aliphatic hydroxyl groups is 5. The molecule has 1 spiro atoms. The van der Waals surface area contributed by atoms with Gasteiger partial charge in [-0.15, -0.1) is 0 Å². The van der Waals surface area contributed by atoms with Gasteiger partial charge in [0.1, 0.15) is 29.9 Å². The summed E-state index contributed by atoms with van der Waals surface area (Å²) < 4.78 is 26.1.